The highest BCUT2D eigenvalue weighted by Crippen LogP contribution is 2.44. The number of aliphatic hydroxyl groups excluding tert-OH is 1. The van der Waals surface area contributed by atoms with Crippen LogP contribution in [0.25, 0.3) is 11.2 Å². The van der Waals surface area contributed by atoms with Gasteiger partial charge in [0, 0.05) is 13.1 Å². The van der Waals surface area contributed by atoms with Crippen LogP contribution in [0.4, 0.5) is 5.82 Å². The number of fused-ring (bicyclic) bond motifs is 2. The Morgan fingerprint density at radius 1 is 1.09 bits per heavy atom. The molecular formula is C24H28ClN5O4. The molecule has 0 bridgehead atoms. The third-order valence-electron chi connectivity index (χ3n) is 7.02. The molecule has 1 aromatic carbocycles. The molecule has 6 rings (SSSR count). The number of imidazole rings is 1. The van der Waals surface area contributed by atoms with Crippen molar-refractivity contribution < 1.29 is 19.3 Å². The van der Waals surface area contributed by atoms with Crippen LogP contribution >= 0.6 is 11.6 Å². The molecule has 0 unspecified atom stereocenters. The molecule has 3 saturated heterocycles. The molecule has 3 aromatic rings. The highest BCUT2D eigenvalue weighted by atomic mass is 35.5. The van der Waals surface area contributed by atoms with E-state index >= 15 is 0 Å². The van der Waals surface area contributed by atoms with Crippen LogP contribution in [0, 0.1) is 0 Å². The van der Waals surface area contributed by atoms with Crippen LogP contribution in [0.2, 0.25) is 5.28 Å². The topological polar surface area (TPSA) is 94.8 Å². The largest absolute Gasteiger partial charge is 0.394 e. The van der Waals surface area contributed by atoms with Gasteiger partial charge in [0.25, 0.3) is 0 Å². The van der Waals surface area contributed by atoms with E-state index in [1.807, 2.05) is 18.4 Å². The fraction of sp³-hybridized carbons (Fsp3) is 0.542. The first kappa shape index (κ1) is 22.2. The maximum Gasteiger partial charge on any atom is 0.226 e. The van der Waals surface area contributed by atoms with Crippen molar-refractivity contribution in [2.24, 2.45) is 0 Å². The molecule has 0 radical (unpaired) electrons. The summed E-state index contributed by atoms with van der Waals surface area (Å²) in [7, 11) is 0. The van der Waals surface area contributed by atoms with Crippen LogP contribution in [0.15, 0.2) is 36.7 Å². The summed E-state index contributed by atoms with van der Waals surface area (Å²) < 4.78 is 20.1. The lowest BCUT2D eigenvalue weighted by molar-refractivity contribution is -0.199. The van der Waals surface area contributed by atoms with Crippen LogP contribution in [-0.4, -0.2) is 68.4 Å². The molecule has 3 fully saturated rings. The molecule has 4 atom stereocenters. The molecule has 10 heteroatoms. The smallest absolute Gasteiger partial charge is 0.226 e. The van der Waals surface area contributed by atoms with E-state index in [9.17, 15) is 5.11 Å². The molecule has 2 aromatic heterocycles. The fourth-order valence-corrected chi connectivity index (χ4v) is 5.62. The van der Waals surface area contributed by atoms with E-state index in [0.717, 1.165) is 31.7 Å². The fourth-order valence-electron chi connectivity index (χ4n) is 5.46. The van der Waals surface area contributed by atoms with Crippen molar-refractivity contribution in [3.8, 4) is 0 Å². The Kier molecular flexibility index (Phi) is 5.50. The number of ether oxygens (including phenoxy) is 3. The third kappa shape index (κ3) is 3.76. The standard InChI is InChI=1S/C24H28ClN5O4/c1-24(2)33-18-16(12-31)32-22(19(18)34-24)30-13-26-17-20(27-23(25)28-21(17)30)29-10-8-15(9-11-29)14-6-4-3-5-7-14/h3-7,13,15-16,18-19,22,31H,8-12H2,1-2H3/t16-,18-,19-,22-/m1/s1. The van der Waals surface area contributed by atoms with Gasteiger partial charge in [-0.25, -0.2) is 4.98 Å². The van der Waals surface area contributed by atoms with Gasteiger partial charge in [0.1, 0.15) is 18.3 Å². The lowest BCUT2D eigenvalue weighted by atomic mass is 9.89. The predicted molar refractivity (Wildman–Crippen MR) is 126 cm³/mol. The first-order chi connectivity index (χ1) is 16.4. The van der Waals surface area contributed by atoms with Gasteiger partial charge in [0.05, 0.1) is 12.9 Å². The number of aliphatic hydroxyl groups is 1. The number of benzene rings is 1. The minimum atomic E-state index is -0.762. The van der Waals surface area contributed by atoms with E-state index in [1.54, 1.807) is 6.33 Å². The van der Waals surface area contributed by atoms with Crippen molar-refractivity contribution in [2.75, 3.05) is 24.6 Å². The Balaban J connectivity index is 1.29. The summed E-state index contributed by atoms with van der Waals surface area (Å²) in [5, 5.41) is 9.99. The number of hydrogen-bond acceptors (Lipinski definition) is 8. The van der Waals surface area contributed by atoms with Gasteiger partial charge in [0.15, 0.2) is 29.0 Å². The normalized spacial score (nSPS) is 29.1. The van der Waals surface area contributed by atoms with Crippen molar-refractivity contribution in [1.29, 1.82) is 0 Å². The van der Waals surface area contributed by atoms with Crippen LogP contribution in [0.1, 0.15) is 44.4 Å². The third-order valence-corrected chi connectivity index (χ3v) is 7.19. The lowest BCUT2D eigenvalue weighted by Crippen LogP contribution is -2.33. The summed E-state index contributed by atoms with van der Waals surface area (Å²) in [5.41, 5.74) is 2.63. The molecule has 34 heavy (non-hydrogen) atoms. The number of hydrogen-bond donors (Lipinski definition) is 1. The number of piperidine rings is 1. The van der Waals surface area contributed by atoms with Crippen LogP contribution in [-0.2, 0) is 14.2 Å². The van der Waals surface area contributed by atoms with E-state index in [-0.39, 0.29) is 18.0 Å². The summed E-state index contributed by atoms with van der Waals surface area (Å²) in [6.07, 6.45) is 1.93. The minimum Gasteiger partial charge on any atom is -0.394 e. The molecule has 0 amide bonds. The van der Waals surface area contributed by atoms with E-state index in [0.29, 0.717) is 17.1 Å². The van der Waals surface area contributed by atoms with Crippen LogP contribution in [0.3, 0.4) is 0 Å². The van der Waals surface area contributed by atoms with Gasteiger partial charge in [-0.3, -0.25) is 4.57 Å². The van der Waals surface area contributed by atoms with Crippen molar-refractivity contribution in [3.63, 3.8) is 0 Å². The second-order valence-corrected chi connectivity index (χ2v) is 9.96. The van der Waals surface area contributed by atoms with E-state index in [2.05, 4.69) is 50.2 Å². The van der Waals surface area contributed by atoms with Gasteiger partial charge in [0.2, 0.25) is 5.28 Å². The molecule has 180 valence electrons. The molecule has 3 aliphatic heterocycles. The maximum absolute atomic E-state index is 9.84. The number of aromatic nitrogens is 4. The molecule has 0 aliphatic carbocycles. The second-order valence-electron chi connectivity index (χ2n) is 9.62. The first-order valence-corrected chi connectivity index (χ1v) is 12.1. The van der Waals surface area contributed by atoms with Gasteiger partial charge in [-0.15, -0.1) is 0 Å². The summed E-state index contributed by atoms with van der Waals surface area (Å²) in [6, 6.07) is 10.6. The molecule has 5 heterocycles. The van der Waals surface area contributed by atoms with Gasteiger partial charge in [-0.2, -0.15) is 9.97 Å². The summed E-state index contributed by atoms with van der Waals surface area (Å²) in [4.78, 5) is 15.9. The highest BCUT2D eigenvalue weighted by Gasteiger charge is 2.56. The van der Waals surface area contributed by atoms with Crippen LogP contribution < -0.4 is 4.90 Å². The quantitative estimate of drug-likeness (QED) is 0.563. The van der Waals surface area contributed by atoms with Gasteiger partial charge in [-0.05, 0) is 49.8 Å². The van der Waals surface area contributed by atoms with E-state index < -0.39 is 24.2 Å². The van der Waals surface area contributed by atoms with E-state index in [1.165, 1.54) is 5.56 Å². The zero-order valence-electron chi connectivity index (χ0n) is 19.2. The predicted octanol–water partition coefficient (Wildman–Crippen LogP) is 3.27. The van der Waals surface area contributed by atoms with E-state index in [4.69, 9.17) is 25.8 Å². The zero-order valence-corrected chi connectivity index (χ0v) is 19.9. The van der Waals surface area contributed by atoms with Crippen molar-refractivity contribution >= 4 is 28.6 Å². The van der Waals surface area contributed by atoms with Gasteiger partial charge >= 0.3 is 0 Å². The van der Waals surface area contributed by atoms with Gasteiger partial charge in [-0.1, -0.05) is 30.3 Å². The Hall–Kier alpha value is -2.30. The summed E-state index contributed by atoms with van der Waals surface area (Å²) >= 11 is 6.39. The monoisotopic (exact) mass is 485 g/mol. The molecular weight excluding hydrogens is 458 g/mol. The molecule has 3 aliphatic rings. The number of nitrogens with zero attached hydrogens (tertiary/aromatic N) is 5. The zero-order chi connectivity index (χ0) is 23.4. The molecule has 0 spiro atoms. The first-order valence-electron chi connectivity index (χ1n) is 11.8. The average molecular weight is 486 g/mol. The Morgan fingerprint density at radius 3 is 2.56 bits per heavy atom. The van der Waals surface area contributed by atoms with Gasteiger partial charge < -0.3 is 24.2 Å². The molecule has 0 saturated carbocycles. The minimum absolute atomic E-state index is 0.159. The average Bonchev–Trinajstić information content (AvgIpc) is 3.49. The Morgan fingerprint density at radius 2 is 1.82 bits per heavy atom. The summed E-state index contributed by atoms with van der Waals surface area (Å²) in [6.45, 7) is 5.27. The number of rotatable bonds is 4. The Labute approximate surface area is 202 Å². The lowest BCUT2D eigenvalue weighted by Gasteiger charge is -2.33. The summed E-state index contributed by atoms with van der Waals surface area (Å²) in [5.74, 6) is 0.504. The Bertz CT molecular complexity index is 1180. The second kappa shape index (κ2) is 8.42. The van der Waals surface area contributed by atoms with Crippen molar-refractivity contribution in [2.45, 2.75) is 62.9 Å². The highest BCUT2D eigenvalue weighted by molar-refractivity contribution is 6.28. The van der Waals surface area contributed by atoms with Crippen LogP contribution in [0.5, 0.6) is 0 Å². The maximum atomic E-state index is 9.84. The molecule has 9 nitrogen and oxygen atoms in total. The molecule has 1 N–H and O–H groups in total. The van der Waals surface area contributed by atoms with Crippen molar-refractivity contribution in [1.82, 2.24) is 19.5 Å². The SMILES string of the molecule is CC1(C)O[C@@H]2[C@H](O1)[C@@H](CO)O[C@H]2n1cnc2c(N3CCC(c4ccccc4)CC3)nc(Cl)nc21. The van der Waals surface area contributed by atoms with Crippen molar-refractivity contribution in [3.05, 3.63) is 47.5 Å². The number of halogens is 1. The number of anilines is 1.